The third kappa shape index (κ3) is 4.69. The molecular weight excluding hydrogens is 315 g/mol. The first-order chi connectivity index (χ1) is 10.5. The molecule has 0 aliphatic heterocycles. The second-order valence-corrected chi connectivity index (χ2v) is 5.48. The van der Waals surface area contributed by atoms with Crippen LogP contribution in [0, 0.1) is 0 Å². The number of ether oxygens (including phenoxy) is 1. The fraction of sp³-hybridized carbons (Fsp3) is 0.467. The smallest absolute Gasteiger partial charge is 0.416 e. The molecule has 0 fully saturated rings. The SMILES string of the molecule is COC(CNC(=O)C(C)(C)c1cccc(C(F)(F)F)c1)C(=O)O. The summed E-state index contributed by atoms with van der Waals surface area (Å²) in [5.41, 5.74) is -1.94. The van der Waals surface area contributed by atoms with E-state index in [2.05, 4.69) is 10.1 Å². The number of carboxylic acids is 1. The minimum atomic E-state index is -4.51. The highest BCUT2D eigenvalue weighted by molar-refractivity contribution is 5.87. The number of hydrogen-bond donors (Lipinski definition) is 2. The Morgan fingerprint density at radius 2 is 1.83 bits per heavy atom. The average Bonchev–Trinajstić information content (AvgIpc) is 2.46. The largest absolute Gasteiger partial charge is 0.479 e. The number of halogens is 3. The Hall–Kier alpha value is -2.09. The molecule has 128 valence electrons. The van der Waals surface area contributed by atoms with Crippen molar-refractivity contribution in [1.82, 2.24) is 5.32 Å². The predicted molar refractivity (Wildman–Crippen MR) is 75.9 cm³/mol. The van der Waals surface area contributed by atoms with Gasteiger partial charge in [-0.1, -0.05) is 18.2 Å². The van der Waals surface area contributed by atoms with Gasteiger partial charge in [0, 0.05) is 7.11 Å². The van der Waals surface area contributed by atoms with Gasteiger partial charge in [-0.2, -0.15) is 13.2 Å². The molecule has 0 saturated heterocycles. The summed E-state index contributed by atoms with van der Waals surface area (Å²) in [5, 5.41) is 11.2. The topological polar surface area (TPSA) is 75.6 Å². The molecule has 0 radical (unpaired) electrons. The van der Waals surface area contributed by atoms with Crippen LogP contribution < -0.4 is 5.32 Å². The first kappa shape index (κ1) is 19.0. The summed E-state index contributed by atoms with van der Waals surface area (Å²) in [6.45, 7) is 2.63. The van der Waals surface area contributed by atoms with Crippen LogP contribution >= 0.6 is 0 Å². The van der Waals surface area contributed by atoms with Crippen LogP contribution in [0.2, 0.25) is 0 Å². The number of carbonyl (C=O) groups is 2. The fourth-order valence-corrected chi connectivity index (χ4v) is 1.89. The first-order valence-electron chi connectivity index (χ1n) is 6.71. The zero-order valence-electron chi connectivity index (χ0n) is 12.9. The van der Waals surface area contributed by atoms with E-state index in [-0.39, 0.29) is 12.1 Å². The van der Waals surface area contributed by atoms with Crippen molar-refractivity contribution in [2.75, 3.05) is 13.7 Å². The van der Waals surface area contributed by atoms with Gasteiger partial charge in [0.05, 0.1) is 17.5 Å². The maximum atomic E-state index is 12.8. The molecule has 0 aliphatic carbocycles. The van der Waals surface area contributed by atoms with Crippen LogP contribution in [0.1, 0.15) is 25.0 Å². The van der Waals surface area contributed by atoms with E-state index in [1.807, 2.05) is 0 Å². The molecule has 1 rings (SSSR count). The van der Waals surface area contributed by atoms with Gasteiger partial charge in [-0.3, -0.25) is 4.79 Å². The van der Waals surface area contributed by atoms with Crippen molar-refractivity contribution in [2.45, 2.75) is 31.5 Å². The van der Waals surface area contributed by atoms with E-state index in [1.165, 1.54) is 33.1 Å². The Kier molecular flexibility index (Phi) is 5.76. The van der Waals surface area contributed by atoms with E-state index in [1.54, 1.807) is 0 Å². The average molecular weight is 333 g/mol. The van der Waals surface area contributed by atoms with E-state index >= 15 is 0 Å². The molecule has 2 N–H and O–H groups in total. The van der Waals surface area contributed by atoms with Crippen molar-refractivity contribution in [3.63, 3.8) is 0 Å². The van der Waals surface area contributed by atoms with E-state index in [9.17, 15) is 22.8 Å². The van der Waals surface area contributed by atoms with Crippen molar-refractivity contribution in [3.8, 4) is 0 Å². The summed E-state index contributed by atoms with van der Waals surface area (Å²) in [7, 11) is 1.18. The van der Waals surface area contributed by atoms with Crippen LogP contribution in [-0.4, -0.2) is 36.7 Å². The molecule has 1 aromatic carbocycles. The molecule has 1 amide bonds. The molecule has 0 saturated carbocycles. The molecule has 0 heterocycles. The number of hydrogen-bond acceptors (Lipinski definition) is 3. The number of carbonyl (C=O) groups excluding carboxylic acids is 1. The number of nitrogens with one attached hydrogen (secondary N) is 1. The molecule has 1 aromatic rings. The lowest BCUT2D eigenvalue weighted by molar-refractivity contribution is -0.148. The van der Waals surface area contributed by atoms with Gasteiger partial charge in [0.2, 0.25) is 5.91 Å². The Morgan fingerprint density at radius 3 is 2.30 bits per heavy atom. The number of rotatable bonds is 6. The molecule has 0 bridgehead atoms. The minimum absolute atomic E-state index is 0.175. The van der Waals surface area contributed by atoms with Crippen molar-refractivity contribution in [2.24, 2.45) is 0 Å². The summed E-state index contributed by atoms with van der Waals surface area (Å²) >= 11 is 0. The van der Waals surface area contributed by atoms with E-state index < -0.39 is 35.1 Å². The number of alkyl halides is 3. The molecule has 0 aromatic heterocycles. The quantitative estimate of drug-likeness (QED) is 0.837. The second-order valence-electron chi connectivity index (χ2n) is 5.48. The lowest BCUT2D eigenvalue weighted by atomic mass is 9.83. The summed E-state index contributed by atoms with van der Waals surface area (Å²) in [6.07, 6.45) is -5.73. The van der Waals surface area contributed by atoms with Gasteiger partial charge in [-0.25, -0.2) is 4.79 Å². The Labute approximate surface area is 131 Å². The zero-order valence-corrected chi connectivity index (χ0v) is 12.9. The van der Waals surface area contributed by atoms with E-state index in [0.29, 0.717) is 0 Å². The van der Waals surface area contributed by atoms with Crippen LogP contribution in [0.3, 0.4) is 0 Å². The number of benzene rings is 1. The lowest BCUT2D eigenvalue weighted by Crippen LogP contribution is -2.45. The van der Waals surface area contributed by atoms with Gasteiger partial charge in [-0.05, 0) is 25.5 Å². The van der Waals surface area contributed by atoms with Crippen LogP contribution in [0.5, 0.6) is 0 Å². The van der Waals surface area contributed by atoms with Crippen molar-refractivity contribution < 1.29 is 32.6 Å². The monoisotopic (exact) mass is 333 g/mol. The fourth-order valence-electron chi connectivity index (χ4n) is 1.89. The molecule has 8 heteroatoms. The number of methoxy groups -OCH3 is 1. The van der Waals surface area contributed by atoms with Crippen molar-refractivity contribution in [1.29, 1.82) is 0 Å². The third-order valence-electron chi connectivity index (χ3n) is 3.49. The van der Waals surface area contributed by atoms with Gasteiger partial charge in [0.15, 0.2) is 6.10 Å². The second kappa shape index (κ2) is 6.99. The van der Waals surface area contributed by atoms with Crippen molar-refractivity contribution >= 4 is 11.9 Å². The van der Waals surface area contributed by atoms with Crippen LogP contribution in [-0.2, 0) is 25.9 Å². The Morgan fingerprint density at radius 1 is 1.26 bits per heavy atom. The first-order valence-corrected chi connectivity index (χ1v) is 6.71. The van der Waals surface area contributed by atoms with Gasteiger partial charge >= 0.3 is 12.1 Å². The highest BCUT2D eigenvalue weighted by Crippen LogP contribution is 2.32. The van der Waals surface area contributed by atoms with Gasteiger partial charge in [-0.15, -0.1) is 0 Å². The third-order valence-corrected chi connectivity index (χ3v) is 3.49. The summed E-state index contributed by atoms with van der Waals surface area (Å²) in [6, 6.07) is 4.47. The maximum Gasteiger partial charge on any atom is 0.416 e. The van der Waals surface area contributed by atoms with E-state index in [4.69, 9.17) is 5.11 Å². The van der Waals surface area contributed by atoms with E-state index in [0.717, 1.165) is 12.1 Å². The zero-order chi connectivity index (χ0) is 17.8. The maximum absolute atomic E-state index is 12.8. The Bertz CT molecular complexity index is 584. The lowest BCUT2D eigenvalue weighted by Gasteiger charge is -2.25. The molecule has 0 spiro atoms. The highest BCUT2D eigenvalue weighted by atomic mass is 19.4. The summed E-state index contributed by atoms with van der Waals surface area (Å²) < 4.78 is 43.0. The normalized spacial score (nSPS) is 13.5. The van der Waals surface area contributed by atoms with Gasteiger partial charge < -0.3 is 15.2 Å². The molecule has 5 nitrogen and oxygen atoms in total. The molecule has 1 atom stereocenters. The molecule has 23 heavy (non-hydrogen) atoms. The Balaban J connectivity index is 2.93. The minimum Gasteiger partial charge on any atom is -0.479 e. The van der Waals surface area contributed by atoms with Crippen LogP contribution in [0.4, 0.5) is 13.2 Å². The van der Waals surface area contributed by atoms with Crippen LogP contribution in [0.25, 0.3) is 0 Å². The highest BCUT2D eigenvalue weighted by Gasteiger charge is 2.35. The molecule has 0 aliphatic rings. The number of carboxylic acid groups (broad SMARTS) is 1. The number of amides is 1. The summed E-state index contributed by atoms with van der Waals surface area (Å²) in [4.78, 5) is 23.0. The predicted octanol–water partition coefficient (Wildman–Crippen LogP) is 2.20. The van der Waals surface area contributed by atoms with Gasteiger partial charge in [0.1, 0.15) is 0 Å². The van der Waals surface area contributed by atoms with Crippen LogP contribution in [0.15, 0.2) is 24.3 Å². The number of aliphatic carboxylic acids is 1. The molecule has 1 unspecified atom stereocenters. The molecular formula is C15H18F3NO4. The standard InChI is InChI=1S/C15H18F3NO4/c1-14(2,13(22)19-8-11(23-3)12(20)21)9-5-4-6-10(7-9)15(16,17)18/h4-7,11H,8H2,1-3H3,(H,19,22)(H,20,21). The van der Waals surface area contributed by atoms with Gasteiger partial charge in [0.25, 0.3) is 0 Å². The summed E-state index contributed by atoms with van der Waals surface area (Å²) in [5.74, 6) is -1.84. The van der Waals surface area contributed by atoms with Crippen molar-refractivity contribution in [3.05, 3.63) is 35.4 Å².